The lowest BCUT2D eigenvalue weighted by Crippen LogP contribution is -2.36. The van der Waals surface area contributed by atoms with Crippen LogP contribution in [0.1, 0.15) is 53.7 Å². The highest BCUT2D eigenvalue weighted by Gasteiger charge is 2.17. The first-order valence-electron chi connectivity index (χ1n) is 11.4. The van der Waals surface area contributed by atoms with Gasteiger partial charge in [0.05, 0.1) is 12.6 Å². The molecule has 0 spiro atoms. The van der Waals surface area contributed by atoms with E-state index in [-0.39, 0.29) is 17.9 Å². The number of aryl methyl sites for hydroxylation is 1. The molecule has 2 amide bonds. The van der Waals surface area contributed by atoms with Crippen molar-refractivity contribution in [3.8, 4) is 0 Å². The molecule has 1 heterocycles. The van der Waals surface area contributed by atoms with Crippen LogP contribution in [0.25, 0.3) is 10.8 Å². The summed E-state index contributed by atoms with van der Waals surface area (Å²) in [6, 6.07) is 19.7. The van der Waals surface area contributed by atoms with E-state index in [9.17, 15) is 9.59 Å². The van der Waals surface area contributed by atoms with Crippen molar-refractivity contribution in [2.45, 2.75) is 39.2 Å². The molecular weight excluding hydrogens is 398 g/mol. The number of benzene rings is 3. The van der Waals surface area contributed by atoms with E-state index in [1.807, 2.05) is 44.2 Å². The summed E-state index contributed by atoms with van der Waals surface area (Å²) in [6.07, 6.45) is 3.54. The molecule has 0 unspecified atom stereocenters. The summed E-state index contributed by atoms with van der Waals surface area (Å²) in [6.45, 7) is 6.26. The number of fused-ring (bicyclic) bond motifs is 1. The van der Waals surface area contributed by atoms with Crippen molar-refractivity contribution in [3.05, 3.63) is 77.4 Å². The molecule has 1 fully saturated rings. The number of carbonyl (C=O) groups excluding carboxylic acids is 2. The van der Waals surface area contributed by atoms with E-state index in [4.69, 9.17) is 0 Å². The third kappa shape index (κ3) is 5.17. The molecule has 32 heavy (non-hydrogen) atoms. The minimum Gasteiger partial charge on any atom is -0.345 e. The maximum Gasteiger partial charge on any atom is 0.252 e. The van der Waals surface area contributed by atoms with E-state index in [2.05, 4.69) is 39.8 Å². The molecule has 2 N–H and O–H groups in total. The van der Waals surface area contributed by atoms with Crippen molar-refractivity contribution in [1.82, 2.24) is 10.2 Å². The molecule has 5 nitrogen and oxygen atoms in total. The normalized spacial score (nSPS) is 15.3. The summed E-state index contributed by atoms with van der Waals surface area (Å²) in [4.78, 5) is 27.8. The molecular formula is C27H31N3O2. The predicted molar refractivity (Wildman–Crippen MR) is 130 cm³/mol. The minimum atomic E-state index is -0.148. The summed E-state index contributed by atoms with van der Waals surface area (Å²) in [7, 11) is 0. The van der Waals surface area contributed by atoms with Crippen LogP contribution in [0.4, 0.5) is 5.69 Å². The van der Waals surface area contributed by atoms with E-state index >= 15 is 0 Å². The fourth-order valence-corrected chi connectivity index (χ4v) is 4.45. The second kappa shape index (κ2) is 9.96. The standard InChI is InChI=1S/C27H31N3O2/c1-19-13-14-22(29-26(31)18-30-15-6-3-7-16-30)17-25(19)27(32)28-20(2)23-12-8-10-21-9-4-5-11-24(21)23/h4-5,8-14,17,20H,3,6-7,15-16,18H2,1-2H3,(H,28,32)(H,29,31)/t20-/m1/s1. The zero-order valence-corrected chi connectivity index (χ0v) is 18.9. The molecule has 5 heteroatoms. The molecule has 3 aromatic carbocycles. The molecule has 0 aromatic heterocycles. The largest absolute Gasteiger partial charge is 0.345 e. The Balaban J connectivity index is 1.45. The van der Waals surface area contributed by atoms with Crippen molar-refractivity contribution >= 4 is 28.3 Å². The number of amides is 2. The molecule has 0 saturated carbocycles. The number of piperidine rings is 1. The summed E-state index contributed by atoms with van der Waals surface area (Å²) >= 11 is 0. The number of nitrogens with one attached hydrogen (secondary N) is 2. The van der Waals surface area contributed by atoms with Gasteiger partial charge in [-0.05, 0) is 73.8 Å². The Morgan fingerprint density at radius 2 is 1.72 bits per heavy atom. The quantitative estimate of drug-likeness (QED) is 0.576. The fraction of sp³-hybridized carbons (Fsp3) is 0.333. The Morgan fingerprint density at radius 1 is 0.969 bits per heavy atom. The van der Waals surface area contributed by atoms with Gasteiger partial charge in [-0.2, -0.15) is 0 Å². The van der Waals surface area contributed by atoms with Crippen LogP contribution < -0.4 is 10.6 Å². The van der Waals surface area contributed by atoms with Gasteiger partial charge in [0.25, 0.3) is 5.91 Å². The fourth-order valence-electron chi connectivity index (χ4n) is 4.45. The monoisotopic (exact) mass is 429 g/mol. The van der Waals surface area contributed by atoms with Gasteiger partial charge < -0.3 is 10.6 Å². The van der Waals surface area contributed by atoms with Gasteiger partial charge >= 0.3 is 0 Å². The zero-order valence-electron chi connectivity index (χ0n) is 18.9. The Morgan fingerprint density at radius 3 is 2.53 bits per heavy atom. The maximum absolute atomic E-state index is 13.1. The van der Waals surface area contributed by atoms with Crippen LogP contribution in [0.5, 0.6) is 0 Å². The molecule has 4 rings (SSSR count). The highest BCUT2D eigenvalue weighted by atomic mass is 16.2. The Bertz CT molecular complexity index is 1110. The highest BCUT2D eigenvalue weighted by molar-refractivity contribution is 5.99. The van der Waals surface area contributed by atoms with Crippen molar-refractivity contribution in [3.63, 3.8) is 0 Å². The number of likely N-dealkylation sites (tertiary alicyclic amines) is 1. The van der Waals surface area contributed by atoms with Crippen LogP contribution >= 0.6 is 0 Å². The van der Waals surface area contributed by atoms with Crippen LogP contribution in [-0.4, -0.2) is 36.3 Å². The second-order valence-corrected chi connectivity index (χ2v) is 8.68. The van der Waals surface area contributed by atoms with E-state index in [0.717, 1.165) is 47.8 Å². The van der Waals surface area contributed by atoms with Crippen LogP contribution in [-0.2, 0) is 4.79 Å². The average molecular weight is 430 g/mol. The van der Waals surface area contributed by atoms with Crippen molar-refractivity contribution in [2.24, 2.45) is 0 Å². The first-order chi connectivity index (χ1) is 15.5. The van der Waals surface area contributed by atoms with Gasteiger partial charge in [-0.25, -0.2) is 0 Å². The minimum absolute atomic E-state index is 0.0359. The number of hydrogen-bond acceptors (Lipinski definition) is 3. The molecule has 1 aliphatic rings. The average Bonchev–Trinajstić information content (AvgIpc) is 2.80. The maximum atomic E-state index is 13.1. The highest BCUT2D eigenvalue weighted by Crippen LogP contribution is 2.25. The van der Waals surface area contributed by atoms with Gasteiger partial charge in [0, 0.05) is 11.3 Å². The summed E-state index contributed by atoms with van der Waals surface area (Å²) < 4.78 is 0. The van der Waals surface area contributed by atoms with Crippen molar-refractivity contribution in [2.75, 3.05) is 25.0 Å². The summed E-state index contributed by atoms with van der Waals surface area (Å²) in [5.74, 6) is -0.179. The Labute approximate surface area is 189 Å². The third-order valence-electron chi connectivity index (χ3n) is 6.22. The second-order valence-electron chi connectivity index (χ2n) is 8.68. The van der Waals surface area contributed by atoms with Crippen LogP contribution in [0.15, 0.2) is 60.7 Å². The molecule has 0 aliphatic carbocycles. The van der Waals surface area contributed by atoms with E-state index in [1.54, 1.807) is 6.07 Å². The first kappa shape index (κ1) is 22.0. The van der Waals surface area contributed by atoms with Gasteiger partial charge in [0.2, 0.25) is 5.91 Å². The van der Waals surface area contributed by atoms with E-state index in [1.165, 1.54) is 6.42 Å². The van der Waals surface area contributed by atoms with Crippen LogP contribution in [0.2, 0.25) is 0 Å². The lowest BCUT2D eigenvalue weighted by Gasteiger charge is -2.25. The predicted octanol–water partition coefficient (Wildman–Crippen LogP) is 5.06. The van der Waals surface area contributed by atoms with Gasteiger partial charge in [0.15, 0.2) is 0 Å². The van der Waals surface area contributed by atoms with Crippen molar-refractivity contribution < 1.29 is 9.59 Å². The number of anilines is 1. The molecule has 3 aromatic rings. The Hall–Kier alpha value is -3.18. The summed E-state index contributed by atoms with van der Waals surface area (Å²) in [5.41, 5.74) is 3.19. The molecule has 1 saturated heterocycles. The SMILES string of the molecule is Cc1ccc(NC(=O)CN2CCCCC2)cc1C(=O)N[C@H](C)c1cccc2ccccc12. The summed E-state index contributed by atoms with van der Waals surface area (Å²) in [5, 5.41) is 8.38. The van der Waals surface area contributed by atoms with Crippen LogP contribution in [0.3, 0.4) is 0 Å². The molecule has 1 atom stereocenters. The van der Waals surface area contributed by atoms with Crippen LogP contribution in [0, 0.1) is 6.92 Å². The molecule has 0 radical (unpaired) electrons. The zero-order chi connectivity index (χ0) is 22.5. The lowest BCUT2D eigenvalue weighted by molar-refractivity contribution is -0.117. The third-order valence-corrected chi connectivity index (χ3v) is 6.22. The van der Waals surface area contributed by atoms with Gasteiger partial charge in [-0.1, -0.05) is 55.0 Å². The smallest absolute Gasteiger partial charge is 0.252 e. The van der Waals surface area contributed by atoms with Gasteiger partial charge in [-0.3, -0.25) is 14.5 Å². The van der Waals surface area contributed by atoms with E-state index < -0.39 is 0 Å². The number of rotatable bonds is 6. The van der Waals surface area contributed by atoms with Crippen molar-refractivity contribution in [1.29, 1.82) is 0 Å². The number of carbonyl (C=O) groups is 2. The number of nitrogens with zero attached hydrogens (tertiary/aromatic N) is 1. The number of hydrogen-bond donors (Lipinski definition) is 2. The topological polar surface area (TPSA) is 61.4 Å². The van der Waals surface area contributed by atoms with E-state index in [0.29, 0.717) is 17.8 Å². The Kier molecular flexibility index (Phi) is 6.86. The first-order valence-corrected chi connectivity index (χ1v) is 11.4. The molecule has 0 bridgehead atoms. The van der Waals surface area contributed by atoms with Gasteiger partial charge in [-0.15, -0.1) is 0 Å². The molecule has 1 aliphatic heterocycles. The molecule has 166 valence electrons. The lowest BCUT2D eigenvalue weighted by atomic mass is 9.99. The van der Waals surface area contributed by atoms with Gasteiger partial charge in [0.1, 0.15) is 0 Å².